The summed E-state index contributed by atoms with van der Waals surface area (Å²) in [4.78, 5) is 8.41. The molecule has 2 bridgehead atoms. The van der Waals surface area contributed by atoms with Crippen molar-refractivity contribution in [1.82, 2.24) is 15.3 Å². The van der Waals surface area contributed by atoms with Crippen LogP contribution in [-0.2, 0) is 4.74 Å². The molecule has 3 atom stereocenters. The number of hydrogen-bond acceptors (Lipinski definition) is 5. The number of morpholine rings is 1. The number of ether oxygens (including phenoxy) is 1. The van der Waals surface area contributed by atoms with Gasteiger partial charge < -0.3 is 15.4 Å². The number of hydrogen-bond donors (Lipinski definition) is 2. The molecule has 1 aromatic carbocycles. The lowest BCUT2D eigenvalue weighted by molar-refractivity contribution is 0.0160. The molecule has 2 aliphatic rings. The van der Waals surface area contributed by atoms with E-state index in [9.17, 15) is 0 Å². The van der Waals surface area contributed by atoms with E-state index >= 15 is 0 Å². The average molecular weight is 394 g/mol. The number of aromatic nitrogens is 2. The van der Waals surface area contributed by atoms with Gasteiger partial charge in [0.1, 0.15) is 5.82 Å². The normalized spacial score (nSPS) is 27.0. The van der Waals surface area contributed by atoms with Crippen LogP contribution in [0.15, 0.2) is 36.5 Å². The molecular formula is C15H15IN4O. The summed E-state index contributed by atoms with van der Waals surface area (Å²) >= 11 is 2.10. The smallest absolute Gasteiger partial charge is 0.192 e. The van der Waals surface area contributed by atoms with Gasteiger partial charge in [-0.15, -0.1) is 0 Å². The fraction of sp³-hybridized carbons (Fsp3) is 0.333. The van der Waals surface area contributed by atoms with Crippen molar-refractivity contribution in [1.29, 1.82) is 0 Å². The topological polar surface area (TPSA) is 59.1 Å². The van der Waals surface area contributed by atoms with Gasteiger partial charge in [0.25, 0.3) is 0 Å². The lowest BCUT2D eigenvalue weighted by Gasteiger charge is -2.23. The molecule has 2 aliphatic heterocycles. The number of halogens is 1. The van der Waals surface area contributed by atoms with Crippen LogP contribution in [0.3, 0.4) is 0 Å². The van der Waals surface area contributed by atoms with Crippen LogP contribution in [0.2, 0.25) is 0 Å². The summed E-state index contributed by atoms with van der Waals surface area (Å²) in [6.45, 7) is 0.993. The summed E-state index contributed by atoms with van der Waals surface area (Å²) in [5.74, 6) is 0.806. The Kier molecular flexibility index (Phi) is 3.52. The highest BCUT2D eigenvalue weighted by Gasteiger charge is 2.41. The SMILES string of the molecule is Ic1nccc(Nc2ccc([C@@H]3O[C@H]4CN[C@@H]3C4)cc2)n1. The van der Waals surface area contributed by atoms with Gasteiger partial charge in [-0.3, -0.25) is 0 Å². The van der Waals surface area contributed by atoms with Gasteiger partial charge in [-0.2, -0.15) is 0 Å². The highest BCUT2D eigenvalue weighted by molar-refractivity contribution is 14.1. The van der Waals surface area contributed by atoms with E-state index in [2.05, 4.69) is 67.5 Å². The van der Waals surface area contributed by atoms with E-state index in [1.54, 1.807) is 6.20 Å². The van der Waals surface area contributed by atoms with Gasteiger partial charge in [0.15, 0.2) is 3.83 Å². The Morgan fingerprint density at radius 2 is 2.10 bits per heavy atom. The van der Waals surface area contributed by atoms with Gasteiger partial charge in [0.05, 0.1) is 12.2 Å². The quantitative estimate of drug-likeness (QED) is 0.619. The molecule has 4 rings (SSSR count). The minimum absolute atomic E-state index is 0.192. The first kappa shape index (κ1) is 13.4. The van der Waals surface area contributed by atoms with Crippen LogP contribution in [0.4, 0.5) is 11.5 Å². The number of nitrogens with zero attached hydrogens (tertiary/aromatic N) is 2. The van der Waals surface area contributed by atoms with Crippen LogP contribution < -0.4 is 10.6 Å². The maximum Gasteiger partial charge on any atom is 0.192 e. The molecule has 108 valence electrons. The second-order valence-corrected chi connectivity index (χ2v) is 6.35. The summed E-state index contributed by atoms with van der Waals surface area (Å²) in [6, 6.07) is 10.7. The van der Waals surface area contributed by atoms with Gasteiger partial charge in [-0.1, -0.05) is 12.1 Å². The fourth-order valence-corrected chi connectivity index (χ4v) is 3.41. The van der Waals surface area contributed by atoms with Gasteiger partial charge in [0, 0.05) is 47.1 Å². The minimum Gasteiger partial charge on any atom is -0.367 e. The molecule has 6 heteroatoms. The molecule has 0 aliphatic carbocycles. The van der Waals surface area contributed by atoms with Crippen molar-refractivity contribution in [2.45, 2.75) is 24.7 Å². The van der Waals surface area contributed by atoms with E-state index in [0.29, 0.717) is 12.1 Å². The van der Waals surface area contributed by atoms with E-state index in [1.165, 1.54) is 5.56 Å². The molecule has 2 fully saturated rings. The predicted molar refractivity (Wildman–Crippen MR) is 88.5 cm³/mol. The summed E-state index contributed by atoms with van der Waals surface area (Å²) in [5, 5.41) is 6.79. The van der Waals surface area contributed by atoms with Crippen molar-refractivity contribution in [2.24, 2.45) is 0 Å². The molecule has 3 heterocycles. The van der Waals surface area contributed by atoms with Crippen LogP contribution in [0.5, 0.6) is 0 Å². The van der Waals surface area contributed by atoms with Gasteiger partial charge in [-0.25, -0.2) is 9.97 Å². The zero-order valence-corrected chi connectivity index (χ0v) is 13.4. The molecule has 0 saturated carbocycles. The summed E-state index contributed by atoms with van der Waals surface area (Å²) in [5.41, 5.74) is 2.25. The molecule has 2 aromatic rings. The average Bonchev–Trinajstić information content (AvgIpc) is 3.11. The van der Waals surface area contributed by atoms with Gasteiger partial charge in [0.2, 0.25) is 0 Å². The summed E-state index contributed by atoms with van der Waals surface area (Å²) in [7, 11) is 0. The van der Waals surface area contributed by atoms with Crippen molar-refractivity contribution in [3.8, 4) is 0 Å². The van der Waals surface area contributed by atoms with E-state index in [1.807, 2.05) is 6.07 Å². The number of fused-ring (bicyclic) bond motifs is 2. The highest BCUT2D eigenvalue weighted by atomic mass is 127. The van der Waals surface area contributed by atoms with Crippen LogP contribution in [0.1, 0.15) is 18.1 Å². The first-order chi connectivity index (χ1) is 10.3. The fourth-order valence-electron chi connectivity index (χ4n) is 2.99. The minimum atomic E-state index is 0.192. The van der Waals surface area contributed by atoms with E-state index in [-0.39, 0.29) is 6.10 Å². The largest absolute Gasteiger partial charge is 0.367 e. The maximum atomic E-state index is 6.02. The monoisotopic (exact) mass is 394 g/mol. The second kappa shape index (κ2) is 5.51. The predicted octanol–water partition coefficient (Wildman–Crippen LogP) is 2.63. The molecule has 21 heavy (non-hydrogen) atoms. The number of benzene rings is 1. The van der Waals surface area contributed by atoms with Crippen molar-refractivity contribution >= 4 is 34.1 Å². The van der Waals surface area contributed by atoms with Gasteiger partial charge >= 0.3 is 0 Å². The van der Waals surface area contributed by atoms with Crippen LogP contribution in [0, 0.1) is 3.83 Å². The highest BCUT2D eigenvalue weighted by Crippen LogP contribution is 2.37. The zero-order valence-electron chi connectivity index (χ0n) is 11.3. The van der Waals surface area contributed by atoms with Crippen LogP contribution in [0.25, 0.3) is 0 Å². The molecule has 0 amide bonds. The third-order valence-electron chi connectivity index (χ3n) is 3.97. The lowest BCUT2D eigenvalue weighted by atomic mass is 10.0. The molecule has 0 unspecified atom stereocenters. The first-order valence-corrected chi connectivity index (χ1v) is 8.10. The molecule has 0 radical (unpaired) electrons. The summed E-state index contributed by atoms with van der Waals surface area (Å²) < 4.78 is 6.75. The Morgan fingerprint density at radius 3 is 2.76 bits per heavy atom. The van der Waals surface area contributed by atoms with E-state index < -0.39 is 0 Å². The molecule has 0 spiro atoms. The van der Waals surface area contributed by atoms with Crippen molar-refractivity contribution < 1.29 is 4.74 Å². The maximum absolute atomic E-state index is 6.02. The molecule has 2 N–H and O–H groups in total. The Labute approximate surface area is 136 Å². The molecule has 5 nitrogen and oxygen atoms in total. The van der Waals surface area contributed by atoms with Gasteiger partial charge in [-0.05, 0) is 30.2 Å². The second-order valence-electron chi connectivity index (χ2n) is 5.39. The number of nitrogens with one attached hydrogen (secondary N) is 2. The summed E-state index contributed by atoms with van der Waals surface area (Å²) in [6.07, 6.45) is 3.46. The number of rotatable bonds is 3. The Balaban J connectivity index is 1.49. The molecular weight excluding hydrogens is 379 g/mol. The Bertz CT molecular complexity index is 648. The van der Waals surface area contributed by atoms with Crippen molar-refractivity contribution in [3.05, 3.63) is 45.9 Å². The first-order valence-electron chi connectivity index (χ1n) is 7.02. The number of anilines is 2. The third kappa shape index (κ3) is 2.75. The van der Waals surface area contributed by atoms with Crippen molar-refractivity contribution in [2.75, 3.05) is 11.9 Å². The van der Waals surface area contributed by atoms with Crippen LogP contribution >= 0.6 is 22.6 Å². The molecule has 2 saturated heterocycles. The van der Waals surface area contributed by atoms with E-state index in [0.717, 1.165) is 28.3 Å². The zero-order chi connectivity index (χ0) is 14.2. The lowest BCUT2D eigenvalue weighted by Crippen LogP contribution is -2.33. The van der Waals surface area contributed by atoms with E-state index in [4.69, 9.17) is 4.74 Å². The standard InChI is InChI=1S/C15H15IN4O/c16-15-17-6-5-13(20-15)19-10-3-1-9(2-4-10)14-12-7-11(21-14)8-18-12/h1-6,11-12,14,18H,7-8H2,(H,17,19,20)/t11-,12-,14+/m1/s1. The third-order valence-corrected chi connectivity index (χ3v) is 4.49. The van der Waals surface area contributed by atoms with Crippen LogP contribution in [-0.4, -0.2) is 28.7 Å². The van der Waals surface area contributed by atoms with Crippen molar-refractivity contribution in [3.63, 3.8) is 0 Å². The Morgan fingerprint density at radius 1 is 1.24 bits per heavy atom. The molecule has 1 aromatic heterocycles. The Hall–Kier alpha value is -1.25.